The molecule has 1 aromatic heterocycles. The van der Waals surface area contributed by atoms with Crippen LogP contribution in [0.5, 0.6) is 0 Å². The number of rotatable bonds is 5. The molecule has 27 heavy (non-hydrogen) atoms. The van der Waals surface area contributed by atoms with Crippen molar-refractivity contribution in [3.8, 4) is 0 Å². The Hall–Kier alpha value is -1.82. The van der Waals surface area contributed by atoms with E-state index < -0.39 is 0 Å². The molecule has 6 rings (SSSR count). The number of anilines is 1. The Morgan fingerprint density at radius 2 is 1.81 bits per heavy atom. The third-order valence-corrected chi connectivity index (χ3v) is 7.46. The molecule has 6 heteroatoms. The van der Waals surface area contributed by atoms with Gasteiger partial charge in [0, 0.05) is 11.1 Å². The Kier molecular flexibility index (Phi) is 4.26. The lowest BCUT2D eigenvalue weighted by molar-refractivity contribution is -0.113. The van der Waals surface area contributed by atoms with E-state index in [1.165, 1.54) is 50.3 Å². The van der Waals surface area contributed by atoms with Crippen LogP contribution < -0.4 is 5.32 Å². The molecule has 1 heterocycles. The van der Waals surface area contributed by atoms with Crippen LogP contribution in [0.4, 0.5) is 5.69 Å². The third kappa shape index (κ3) is 3.28. The first-order valence-corrected chi connectivity index (χ1v) is 10.9. The summed E-state index contributed by atoms with van der Waals surface area (Å²) >= 11 is 1.33. The Bertz CT molecular complexity index is 827. The van der Waals surface area contributed by atoms with Crippen LogP contribution in [0.3, 0.4) is 0 Å². The van der Waals surface area contributed by atoms with Gasteiger partial charge in [0.15, 0.2) is 0 Å². The van der Waals surface area contributed by atoms with Gasteiger partial charge in [-0.25, -0.2) is 0 Å². The van der Waals surface area contributed by atoms with Crippen LogP contribution in [0, 0.1) is 24.7 Å². The van der Waals surface area contributed by atoms with E-state index in [9.17, 15) is 4.79 Å². The van der Waals surface area contributed by atoms with E-state index in [0.29, 0.717) is 5.22 Å². The van der Waals surface area contributed by atoms with Crippen LogP contribution in [-0.2, 0) is 10.2 Å². The van der Waals surface area contributed by atoms with Gasteiger partial charge in [0.1, 0.15) is 0 Å². The van der Waals surface area contributed by atoms with E-state index in [2.05, 4.69) is 15.5 Å². The fourth-order valence-corrected chi connectivity index (χ4v) is 6.44. The maximum atomic E-state index is 12.2. The molecule has 4 fully saturated rings. The standard InChI is InChI=1S/C21H25N3O2S/c1-13-4-2-3-5-17(13)22-18(25)12-27-20-24-23-19(26-20)21-9-14-6-15(10-21)8-16(7-14)11-21/h2-5,14-16H,6-12H2,1H3,(H,22,25). The molecule has 0 saturated heterocycles. The molecule has 5 nitrogen and oxygen atoms in total. The third-order valence-electron chi connectivity index (χ3n) is 6.64. The zero-order valence-electron chi connectivity index (χ0n) is 15.6. The molecule has 4 bridgehead atoms. The Morgan fingerprint density at radius 1 is 1.15 bits per heavy atom. The second kappa shape index (κ2) is 6.66. The molecule has 1 aromatic carbocycles. The van der Waals surface area contributed by atoms with Crippen molar-refractivity contribution in [2.45, 2.75) is 56.1 Å². The predicted octanol–water partition coefficient (Wildman–Crippen LogP) is 4.58. The number of para-hydroxylation sites is 1. The first-order valence-electron chi connectivity index (χ1n) is 9.92. The molecule has 0 spiro atoms. The van der Waals surface area contributed by atoms with Crippen LogP contribution in [0.25, 0.3) is 0 Å². The van der Waals surface area contributed by atoms with Crippen molar-refractivity contribution in [2.24, 2.45) is 17.8 Å². The highest BCUT2D eigenvalue weighted by atomic mass is 32.2. The van der Waals surface area contributed by atoms with Crippen molar-refractivity contribution in [1.29, 1.82) is 0 Å². The summed E-state index contributed by atoms with van der Waals surface area (Å²) in [5.41, 5.74) is 2.02. The lowest BCUT2D eigenvalue weighted by Crippen LogP contribution is -2.48. The quantitative estimate of drug-likeness (QED) is 0.766. The molecule has 4 aliphatic rings. The summed E-state index contributed by atoms with van der Waals surface area (Å²) in [6.45, 7) is 1.98. The molecule has 0 atom stereocenters. The first-order chi connectivity index (χ1) is 13.1. The SMILES string of the molecule is Cc1ccccc1NC(=O)CSc1nnc(C23CC4CC(CC(C4)C2)C3)o1. The summed E-state index contributed by atoms with van der Waals surface area (Å²) < 4.78 is 6.05. The van der Waals surface area contributed by atoms with E-state index in [1.54, 1.807) is 0 Å². The summed E-state index contributed by atoms with van der Waals surface area (Å²) in [6.07, 6.45) is 7.81. The Balaban J connectivity index is 1.23. The molecular weight excluding hydrogens is 358 g/mol. The summed E-state index contributed by atoms with van der Waals surface area (Å²) in [4.78, 5) is 12.2. The van der Waals surface area contributed by atoms with Gasteiger partial charge in [-0.15, -0.1) is 10.2 Å². The van der Waals surface area contributed by atoms with Gasteiger partial charge in [0.25, 0.3) is 5.22 Å². The highest BCUT2D eigenvalue weighted by molar-refractivity contribution is 7.99. The smallest absolute Gasteiger partial charge is 0.277 e. The van der Waals surface area contributed by atoms with E-state index in [4.69, 9.17) is 4.42 Å². The highest BCUT2D eigenvalue weighted by Crippen LogP contribution is 2.60. The van der Waals surface area contributed by atoms with Crippen molar-refractivity contribution >= 4 is 23.4 Å². The number of hydrogen-bond donors (Lipinski definition) is 1. The molecule has 1 amide bonds. The summed E-state index contributed by atoms with van der Waals surface area (Å²) in [7, 11) is 0. The minimum absolute atomic E-state index is 0.0520. The number of nitrogens with zero attached hydrogens (tertiary/aromatic N) is 2. The second-order valence-corrected chi connectivity index (χ2v) is 9.65. The highest BCUT2D eigenvalue weighted by Gasteiger charge is 2.54. The van der Waals surface area contributed by atoms with Crippen LogP contribution in [-0.4, -0.2) is 21.9 Å². The monoisotopic (exact) mass is 383 g/mol. The van der Waals surface area contributed by atoms with Gasteiger partial charge in [0.05, 0.1) is 5.75 Å². The average molecular weight is 384 g/mol. The van der Waals surface area contributed by atoms with E-state index in [1.807, 2.05) is 31.2 Å². The average Bonchev–Trinajstić information content (AvgIpc) is 3.11. The normalized spacial score (nSPS) is 31.2. The lowest BCUT2D eigenvalue weighted by Gasteiger charge is -2.55. The van der Waals surface area contributed by atoms with E-state index in [0.717, 1.165) is 34.9 Å². The van der Waals surface area contributed by atoms with Crippen molar-refractivity contribution in [3.05, 3.63) is 35.7 Å². The molecule has 2 aromatic rings. The fourth-order valence-electron chi connectivity index (χ4n) is 5.88. The van der Waals surface area contributed by atoms with Gasteiger partial charge in [-0.2, -0.15) is 0 Å². The fraction of sp³-hybridized carbons (Fsp3) is 0.571. The molecule has 0 aliphatic heterocycles. The number of aryl methyl sites for hydroxylation is 1. The molecule has 142 valence electrons. The van der Waals surface area contributed by atoms with Crippen LogP contribution in [0.1, 0.15) is 50.0 Å². The van der Waals surface area contributed by atoms with Crippen LogP contribution in [0.15, 0.2) is 33.9 Å². The number of hydrogen-bond acceptors (Lipinski definition) is 5. The van der Waals surface area contributed by atoms with Crippen molar-refractivity contribution in [2.75, 3.05) is 11.1 Å². The molecule has 0 radical (unpaired) electrons. The molecular formula is C21H25N3O2S. The van der Waals surface area contributed by atoms with Crippen LogP contribution in [0.2, 0.25) is 0 Å². The number of aromatic nitrogens is 2. The minimum Gasteiger partial charge on any atom is -0.415 e. The maximum absolute atomic E-state index is 12.2. The zero-order valence-corrected chi connectivity index (χ0v) is 16.4. The zero-order chi connectivity index (χ0) is 18.4. The predicted molar refractivity (Wildman–Crippen MR) is 105 cm³/mol. The molecule has 4 saturated carbocycles. The molecule has 1 N–H and O–H groups in total. The van der Waals surface area contributed by atoms with Crippen molar-refractivity contribution in [1.82, 2.24) is 10.2 Å². The van der Waals surface area contributed by atoms with Gasteiger partial charge < -0.3 is 9.73 Å². The number of carbonyl (C=O) groups is 1. The van der Waals surface area contributed by atoms with Gasteiger partial charge in [-0.3, -0.25) is 4.79 Å². The van der Waals surface area contributed by atoms with Gasteiger partial charge in [-0.05, 0) is 74.8 Å². The lowest BCUT2D eigenvalue weighted by atomic mass is 9.49. The maximum Gasteiger partial charge on any atom is 0.277 e. The number of carbonyl (C=O) groups excluding carboxylic acids is 1. The van der Waals surface area contributed by atoms with Gasteiger partial charge in [0.2, 0.25) is 11.8 Å². The van der Waals surface area contributed by atoms with Gasteiger partial charge in [-0.1, -0.05) is 30.0 Å². The van der Waals surface area contributed by atoms with E-state index >= 15 is 0 Å². The molecule has 0 unspecified atom stereocenters. The number of thioether (sulfide) groups is 1. The number of benzene rings is 1. The minimum atomic E-state index is -0.0520. The van der Waals surface area contributed by atoms with Crippen molar-refractivity contribution < 1.29 is 9.21 Å². The van der Waals surface area contributed by atoms with Crippen LogP contribution >= 0.6 is 11.8 Å². The van der Waals surface area contributed by atoms with Gasteiger partial charge >= 0.3 is 0 Å². The van der Waals surface area contributed by atoms with E-state index in [-0.39, 0.29) is 17.1 Å². The summed E-state index contributed by atoms with van der Waals surface area (Å²) in [6, 6.07) is 7.78. The number of nitrogens with one attached hydrogen (secondary N) is 1. The number of amides is 1. The Morgan fingerprint density at radius 3 is 2.48 bits per heavy atom. The topological polar surface area (TPSA) is 68.0 Å². The molecule has 4 aliphatic carbocycles. The Labute approximate surface area is 163 Å². The van der Waals surface area contributed by atoms with Crippen molar-refractivity contribution in [3.63, 3.8) is 0 Å². The summed E-state index contributed by atoms with van der Waals surface area (Å²) in [5, 5.41) is 12.1. The second-order valence-electron chi connectivity index (χ2n) is 8.72. The first kappa shape index (κ1) is 17.3. The summed E-state index contributed by atoms with van der Waals surface area (Å²) in [5.74, 6) is 3.58. The largest absolute Gasteiger partial charge is 0.415 e.